The van der Waals surface area contributed by atoms with Gasteiger partial charge < -0.3 is 14.5 Å². The van der Waals surface area contributed by atoms with E-state index < -0.39 is 28.4 Å². The molecular weight excluding hydrogens is 504 g/mol. The third-order valence-corrected chi connectivity index (χ3v) is 7.84. The Morgan fingerprint density at radius 1 is 1.03 bits per heavy atom. The molecule has 0 amide bonds. The number of rotatable bonds is 8. The number of sulfonamides is 1. The molecule has 36 heavy (non-hydrogen) atoms. The highest BCUT2D eigenvalue weighted by atomic mass is 35.5. The summed E-state index contributed by atoms with van der Waals surface area (Å²) in [6, 6.07) is 17.7. The van der Waals surface area contributed by atoms with Crippen molar-refractivity contribution < 1.29 is 27.5 Å². The Labute approximate surface area is 213 Å². The van der Waals surface area contributed by atoms with Gasteiger partial charge in [0.05, 0.1) is 28.3 Å². The fourth-order valence-electron chi connectivity index (χ4n) is 3.92. The lowest BCUT2D eigenvalue weighted by molar-refractivity contribution is 0.0475. The molecule has 0 spiro atoms. The number of H-pyrrole nitrogens is 1. The first-order valence-corrected chi connectivity index (χ1v) is 12.7. The highest BCUT2D eigenvalue weighted by Crippen LogP contribution is 2.32. The first-order valence-electron chi connectivity index (χ1n) is 10.8. The molecule has 0 aliphatic heterocycles. The standard InChI is InChI=1S/C26H23ClN2O6S/c1-16-25(18-8-4-5-9-21(18)28-16)23(30)15-35-26(31)19-14-17(12-13-20(19)27)36(32,33)29(2)22-10-6-7-11-24(22)34-3/h4-14,28H,15H2,1-3H3. The lowest BCUT2D eigenvalue weighted by Gasteiger charge is -2.22. The highest BCUT2D eigenvalue weighted by molar-refractivity contribution is 7.92. The Bertz CT molecular complexity index is 1580. The number of aromatic nitrogens is 1. The second-order valence-electron chi connectivity index (χ2n) is 7.96. The zero-order valence-corrected chi connectivity index (χ0v) is 21.3. The van der Waals surface area contributed by atoms with Crippen molar-refractivity contribution in [2.24, 2.45) is 0 Å². The molecule has 0 saturated heterocycles. The molecule has 186 valence electrons. The number of esters is 1. The van der Waals surface area contributed by atoms with Crippen LogP contribution in [-0.4, -0.2) is 45.9 Å². The van der Waals surface area contributed by atoms with E-state index in [0.717, 1.165) is 21.3 Å². The summed E-state index contributed by atoms with van der Waals surface area (Å²) in [7, 11) is -1.26. The summed E-state index contributed by atoms with van der Waals surface area (Å²) in [6.07, 6.45) is 0. The van der Waals surface area contributed by atoms with Gasteiger partial charge >= 0.3 is 5.97 Å². The first-order chi connectivity index (χ1) is 17.1. The van der Waals surface area contributed by atoms with E-state index in [1.165, 1.54) is 26.3 Å². The van der Waals surface area contributed by atoms with Crippen LogP contribution in [0.25, 0.3) is 10.9 Å². The predicted octanol–water partition coefficient (Wildman–Crippen LogP) is 5.00. The largest absolute Gasteiger partial charge is 0.495 e. The molecule has 0 fully saturated rings. The van der Waals surface area contributed by atoms with Crippen molar-refractivity contribution in [2.75, 3.05) is 25.1 Å². The average molecular weight is 527 g/mol. The summed E-state index contributed by atoms with van der Waals surface area (Å²) in [6.45, 7) is 1.23. The van der Waals surface area contributed by atoms with Crippen LogP contribution in [0.1, 0.15) is 26.4 Å². The molecule has 3 aromatic carbocycles. The summed E-state index contributed by atoms with van der Waals surface area (Å²) < 4.78 is 38.1. The van der Waals surface area contributed by atoms with Gasteiger partial charge in [-0.3, -0.25) is 9.10 Å². The van der Waals surface area contributed by atoms with Gasteiger partial charge in [-0.15, -0.1) is 0 Å². The molecule has 4 aromatic rings. The van der Waals surface area contributed by atoms with Crippen LogP contribution < -0.4 is 9.04 Å². The molecule has 0 atom stereocenters. The van der Waals surface area contributed by atoms with E-state index in [0.29, 0.717) is 22.7 Å². The molecular formula is C26H23ClN2O6S. The maximum absolute atomic E-state index is 13.3. The van der Waals surface area contributed by atoms with Crippen molar-refractivity contribution >= 4 is 50.0 Å². The highest BCUT2D eigenvalue weighted by Gasteiger charge is 2.26. The Kier molecular flexibility index (Phi) is 7.05. The number of benzene rings is 3. The number of ketones is 1. The summed E-state index contributed by atoms with van der Waals surface area (Å²) in [5.74, 6) is -0.944. The maximum Gasteiger partial charge on any atom is 0.340 e. The molecule has 0 aliphatic rings. The van der Waals surface area contributed by atoms with Gasteiger partial charge in [0.2, 0.25) is 5.78 Å². The van der Waals surface area contributed by atoms with Crippen molar-refractivity contribution in [3.8, 4) is 5.75 Å². The number of carbonyl (C=O) groups is 2. The number of anilines is 1. The summed E-state index contributed by atoms with van der Waals surface area (Å²) in [5, 5.41) is 0.719. The van der Waals surface area contributed by atoms with E-state index in [4.69, 9.17) is 21.1 Å². The van der Waals surface area contributed by atoms with Gasteiger partial charge in [0.1, 0.15) is 5.75 Å². The topological polar surface area (TPSA) is 106 Å². The van der Waals surface area contributed by atoms with E-state index in [9.17, 15) is 18.0 Å². The van der Waals surface area contributed by atoms with Crippen molar-refractivity contribution in [3.05, 3.63) is 88.6 Å². The van der Waals surface area contributed by atoms with Gasteiger partial charge in [0.25, 0.3) is 10.0 Å². The molecule has 0 aliphatic carbocycles. The predicted molar refractivity (Wildman–Crippen MR) is 138 cm³/mol. The van der Waals surface area contributed by atoms with Gasteiger partial charge in [-0.2, -0.15) is 0 Å². The molecule has 0 radical (unpaired) electrons. The van der Waals surface area contributed by atoms with Crippen LogP contribution in [0.15, 0.2) is 71.6 Å². The second kappa shape index (κ2) is 10.0. The average Bonchev–Trinajstić information content (AvgIpc) is 3.22. The van der Waals surface area contributed by atoms with Crippen LogP contribution in [0.2, 0.25) is 5.02 Å². The van der Waals surface area contributed by atoms with E-state index in [2.05, 4.69) is 4.98 Å². The Morgan fingerprint density at radius 2 is 1.72 bits per heavy atom. The number of carbonyl (C=O) groups excluding carboxylic acids is 2. The molecule has 0 bridgehead atoms. The number of Topliss-reactive ketones (excluding diaryl/α,β-unsaturated/α-hetero) is 1. The second-order valence-corrected chi connectivity index (χ2v) is 10.3. The van der Waals surface area contributed by atoms with Crippen LogP contribution >= 0.6 is 11.6 Å². The minimum absolute atomic E-state index is 0.00498. The van der Waals surface area contributed by atoms with Crippen molar-refractivity contribution in [2.45, 2.75) is 11.8 Å². The number of aromatic amines is 1. The molecule has 4 rings (SSSR count). The fraction of sp³-hybridized carbons (Fsp3) is 0.154. The molecule has 1 aromatic heterocycles. The molecule has 0 unspecified atom stereocenters. The van der Waals surface area contributed by atoms with Gasteiger partial charge in [0, 0.05) is 29.2 Å². The van der Waals surface area contributed by atoms with E-state index in [-0.39, 0.29) is 15.5 Å². The number of fused-ring (bicyclic) bond motifs is 1. The number of aryl methyl sites for hydroxylation is 1. The number of nitrogens with zero attached hydrogens (tertiary/aromatic N) is 1. The summed E-state index contributed by atoms with van der Waals surface area (Å²) in [5.41, 5.74) is 2.03. The molecule has 1 N–H and O–H groups in total. The Morgan fingerprint density at radius 3 is 2.47 bits per heavy atom. The number of methoxy groups -OCH3 is 1. The quantitative estimate of drug-likeness (QED) is 0.256. The van der Waals surface area contributed by atoms with Gasteiger partial charge in [0.15, 0.2) is 6.61 Å². The monoisotopic (exact) mass is 526 g/mol. The Balaban J connectivity index is 1.57. The van der Waals surface area contributed by atoms with Crippen molar-refractivity contribution in [1.29, 1.82) is 0 Å². The zero-order valence-electron chi connectivity index (χ0n) is 19.7. The third kappa shape index (κ3) is 4.67. The minimum Gasteiger partial charge on any atom is -0.495 e. The van der Waals surface area contributed by atoms with Crippen LogP contribution in [-0.2, 0) is 14.8 Å². The van der Waals surface area contributed by atoms with Crippen LogP contribution in [0.5, 0.6) is 5.75 Å². The SMILES string of the molecule is COc1ccccc1N(C)S(=O)(=O)c1ccc(Cl)c(C(=O)OCC(=O)c2c(C)[nH]c3ccccc23)c1. The summed E-state index contributed by atoms with van der Waals surface area (Å²) >= 11 is 6.18. The molecule has 8 nitrogen and oxygen atoms in total. The fourth-order valence-corrected chi connectivity index (χ4v) is 5.34. The van der Waals surface area contributed by atoms with Crippen LogP contribution in [0, 0.1) is 6.92 Å². The number of para-hydroxylation sites is 3. The van der Waals surface area contributed by atoms with Crippen molar-refractivity contribution in [3.63, 3.8) is 0 Å². The zero-order chi connectivity index (χ0) is 26.0. The van der Waals surface area contributed by atoms with E-state index >= 15 is 0 Å². The van der Waals surface area contributed by atoms with Gasteiger partial charge in [-0.25, -0.2) is 13.2 Å². The number of ether oxygens (including phenoxy) is 2. The van der Waals surface area contributed by atoms with Crippen molar-refractivity contribution in [1.82, 2.24) is 4.98 Å². The Hall–Kier alpha value is -3.82. The maximum atomic E-state index is 13.3. The molecule has 1 heterocycles. The number of nitrogens with one attached hydrogen (secondary N) is 1. The smallest absolute Gasteiger partial charge is 0.340 e. The van der Waals surface area contributed by atoms with Crippen LogP contribution in [0.4, 0.5) is 5.69 Å². The number of halogens is 1. The lowest BCUT2D eigenvalue weighted by Crippen LogP contribution is -2.27. The normalized spacial score (nSPS) is 11.3. The first kappa shape index (κ1) is 25.3. The van der Waals surface area contributed by atoms with Crippen LogP contribution in [0.3, 0.4) is 0 Å². The van der Waals surface area contributed by atoms with Gasteiger partial charge in [-0.1, -0.05) is 41.9 Å². The van der Waals surface area contributed by atoms with E-state index in [1.54, 1.807) is 37.3 Å². The third-order valence-electron chi connectivity index (χ3n) is 5.75. The van der Waals surface area contributed by atoms with Gasteiger partial charge in [-0.05, 0) is 43.3 Å². The summed E-state index contributed by atoms with van der Waals surface area (Å²) in [4.78, 5) is 28.6. The minimum atomic E-state index is -4.08. The molecule has 10 heteroatoms. The number of hydrogen-bond donors (Lipinski definition) is 1. The lowest BCUT2D eigenvalue weighted by atomic mass is 10.1. The molecule has 0 saturated carbocycles. The number of hydrogen-bond acceptors (Lipinski definition) is 6. The van der Waals surface area contributed by atoms with E-state index in [1.807, 2.05) is 18.2 Å².